The second-order valence-electron chi connectivity index (χ2n) is 6.40. The van der Waals surface area contributed by atoms with E-state index in [-0.39, 0.29) is 35.1 Å². The first kappa shape index (κ1) is 19.9. The van der Waals surface area contributed by atoms with E-state index < -0.39 is 17.7 Å². The van der Waals surface area contributed by atoms with Gasteiger partial charge in [-0.2, -0.15) is 0 Å². The minimum absolute atomic E-state index is 0.0330. The molecule has 0 bridgehead atoms. The molecule has 1 heterocycles. The number of carbonyl (C=O) groups is 2. The quantitative estimate of drug-likeness (QED) is 0.763. The number of allylic oxidation sites excluding steroid dienone is 1. The highest BCUT2D eigenvalue weighted by atomic mass is 35.5. The third-order valence-electron chi connectivity index (χ3n) is 4.57. The summed E-state index contributed by atoms with van der Waals surface area (Å²) < 4.78 is 25.0. The van der Waals surface area contributed by atoms with Crippen molar-refractivity contribution in [2.45, 2.75) is 25.9 Å². The lowest BCUT2D eigenvalue weighted by molar-refractivity contribution is -0.141. The Balaban J connectivity index is 1.86. The van der Waals surface area contributed by atoms with E-state index in [0.29, 0.717) is 11.4 Å². The predicted octanol–water partition coefficient (Wildman–Crippen LogP) is 4.11. The fourth-order valence-corrected chi connectivity index (χ4v) is 3.50. The maximum absolute atomic E-state index is 14.4. The summed E-state index contributed by atoms with van der Waals surface area (Å²) in [5.74, 6) is -1.63. The monoisotopic (exact) mass is 403 g/mol. The molecule has 0 unspecified atom stereocenters. The van der Waals surface area contributed by atoms with E-state index in [4.69, 9.17) is 21.1 Å². The summed E-state index contributed by atoms with van der Waals surface area (Å²) in [5.41, 5.74) is 1.42. The van der Waals surface area contributed by atoms with Crippen molar-refractivity contribution in [1.82, 2.24) is 5.32 Å². The summed E-state index contributed by atoms with van der Waals surface area (Å²) in [6.07, 6.45) is -0.0923. The van der Waals surface area contributed by atoms with Crippen LogP contribution >= 0.6 is 11.6 Å². The van der Waals surface area contributed by atoms with Gasteiger partial charge in [-0.3, -0.25) is 4.79 Å². The smallest absolute Gasteiger partial charge is 0.336 e. The Morgan fingerprint density at radius 2 is 1.96 bits per heavy atom. The fourth-order valence-electron chi connectivity index (χ4n) is 3.21. The average Bonchev–Trinajstić information content (AvgIpc) is 2.66. The lowest BCUT2D eigenvalue weighted by Gasteiger charge is -2.27. The van der Waals surface area contributed by atoms with Crippen LogP contribution in [-0.4, -0.2) is 19.0 Å². The van der Waals surface area contributed by atoms with E-state index >= 15 is 0 Å². The van der Waals surface area contributed by atoms with Crippen molar-refractivity contribution in [3.05, 3.63) is 75.7 Å². The number of amides is 1. The molecule has 1 amide bonds. The Bertz CT molecular complexity index is 920. The maximum atomic E-state index is 14.4. The van der Waals surface area contributed by atoms with Gasteiger partial charge in [0, 0.05) is 28.6 Å². The van der Waals surface area contributed by atoms with Gasteiger partial charge in [0.25, 0.3) is 0 Å². The summed E-state index contributed by atoms with van der Waals surface area (Å²) in [6.45, 7) is 1.62. The summed E-state index contributed by atoms with van der Waals surface area (Å²) >= 11 is 6.17. The molecule has 1 atom stereocenters. The molecule has 0 spiro atoms. The molecule has 1 N–H and O–H groups in total. The van der Waals surface area contributed by atoms with Crippen molar-refractivity contribution >= 4 is 23.5 Å². The fraction of sp³-hybridized carbons (Fsp3) is 0.238. The standard InChI is InChI=1S/C21H19ClFNO4/c1-12-19(21(26)28-11-13-6-8-14(27-2)9-7-13)15(10-18(25)24-12)20-16(22)4-3-5-17(20)23/h3-9,15H,10-11H2,1-2H3,(H,24,25)/t15-/m0/s1. The Hall–Kier alpha value is -2.86. The number of esters is 1. The molecule has 0 saturated carbocycles. The largest absolute Gasteiger partial charge is 0.497 e. The van der Waals surface area contributed by atoms with E-state index in [1.54, 1.807) is 38.3 Å². The molecule has 0 aromatic heterocycles. The molecule has 28 heavy (non-hydrogen) atoms. The summed E-state index contributed by atoms with van der Waals surface area (Å²) in [6, 6.07) is 11.3. The first-order valence-electron chi connectivity index (χ1n) is 8.65. The normalized spacial score (nSPS) is 16.6. The van der Waals surface area contributed by atoms with Crippen LogP contribution in [0.1, 0.15) is 30.4 Å². The van der Waals surface area contributed by atoms with E-state index in [1.165, 1.54) is 18.2 Å². The van der Waals surface area contributed by atoms with Crippen LogP contribution in [0.15, 0.2) is 53.7 Å². The minimum atomic E-state index is -0.814. The topological polar surface area (TPSA) is 64.6 Å². The average molecular weight is 404 g/mol. The molecule has 2 aromatic rings. The van der Waals surface area contributed by atoms with Crippen molar-refractivity contribution in [1.29, 1.82) is 0 Å². The molecule has 1 aliphatic heterocycles. The first-order chi connectivity index (χ1) is 13.4. The van der Waals surface area contributed by atoms with E-state index in [9.17, 15) is 14.0 Å². The minimum Gasteiger partial charge on any atom is -0.497 e. The summed E-state index contributed by atoms with van der Waals surface area (Å²) in [5, 5.41) is 2.78. The van der Waals surface area contributed by atoms with Crippen molar-refractivity contribution in [2.75, 3.05) is 7.11 Å². The van der Waals surface area contributed by atoms with Crippen LogP contribution in [0.3, 0.4) is 0 Å². The summed E-state index contributed by atoms with van der Waals surface area (Å²) in [4.78, 5) is 24.8. The Kier molecular flexibility index (Phi) is 5.99. The molecule has 0 aliphatic carbocycles. The lowest BCUT2D eigenvalue weighted by atomic mass is 9.84. The van der Waals surface area contributed by atoms with Gasteiger partial charge in [-0.15, -0.1) is 0 Å². The predicted molar refractivity (Wildman–Crippen MR) is 102 cm³/mol. The van der Waals surface area contributed by atoms with Gasteiger partial charge in [-0.05, 0) is 36.8 Å². The Morgan fingerprint density at radius 3 is 2.61 bits per heavy atom. The molecule has 0 fully saturated rings. The van der Waals surface area contributed by atoms with Crippen molar-refractivity contribution in [3.63, 3.8) is 0 Å². The third-order valence-corrected chi connectivity index (χ3v) is 4.90. The second kappa shape index (κ2) is 8.44. The molecule has 0 radical (unpaired) electrons. The molecule has 0 saturated heterocycles. The number of methoxy groups -OCH3 is 1. The molecule has 2 aromatic carbocycles. The van der Waals surface area contributed by atoms with E-state index in [1.807, 2.05) is 0 Å². The number of nitrogens with one attached hydrogen (secondary N) is 1. The van der Waals surface area contributed by atoms with Crippen LogP contribution in [0.25, 0.3) is 0 Å². The van der Waals surface area contributed by atoms with Crippen molar-refractivity contribution in [3.8, 4) is 5.75 Å². The van der Waals surface area contributed by atoms with Gasteiger partial charge >= 0.3 is 5.97 Å². The highest BCUT2D eigenvalue weighted by Crippen LogP contribution is 2.38. The summed E-state index contributed by atoms with van der Waals surface area (Å²) in [7, 11) is 1.57. The third kappa shape index (κ3) is 4.17. The van der Waals surface area contributed by atoms with Gasteiger partial charge < -0.3 is 14.8 Å². The number of hydrogen-bond donors (Lipinski definition) is 1. The zero-order chi connectivity index (χ0) is 20.3. The molecule has 1 aliphatic rings. The number of rotatable bonds is 5. The first-order valence-corrected chi connectivity index (χ1v) is 9.03. The van der Waals surface area contributed by atoms with Crippen molar-refractivity contribution < 1.29 is 23.5 Å². The molecular weight excluding hydrogens is 385 g/mol. The van der Waals surface area contributed by atoms with Gasteiger partial charge in [0.2, 0.25) is 5.91 Å². The number of halogens is 2. The zero-order valence-electron chi connectivity index (χ0n) is 15.4. The van der Waals surface area contributed by atoms with Crippen LogP contribution in [-0.2, 0) is 20.9 Å². The highest BCUT2D eigenvalue weighted by molar-refractivity contribution is 6.31. The van der Waals surface area contributed by atoms with Crippen LogP contribution in [0.4, 0.5) is 4.39 Å². The van der Waals surface area contributed by atoms with E-state index in [0.717, 1.165) is 5.56 Å². The Morgan fingerprint density at radius 1 is 1.25 bits per heavy atom. The number of hydrogen-bond acceptors (Lipinski definition) is 4. The van der Waals surface area contributed by atoms with Gasteiger partial charge in [-0.1, -0.05) is 29.8 Å². The van der Waals surface area contributed by atoms with Gasteiger partial charge in [0.15, 0.2) is 0 Å². The number of ether oxygens (including phenoxy) is 2. The van der Waals surface area contributed by atoms with Crippen LogP contribution < -0.4 is 10.1 Å². The van der Waals surface area contributed by atoms with Gasteiger partial charge in [0.1, 0.15) is 18.2 Å². The Labute approximate surface area is 167 Å². The van der Waals surface area contributed by atoms with Gasteiger partial charge in [-0.25, -0.2) is 9.18 Å². The lowest BCUT2D eigenvalue weighted by Crippen LogP contribution is -2.34. The highest BCUT2D eigenvalue weighted by Gasteiger charge is 2.35. The van der Waals surface area contributed by atoms with E-state index in [2.05, 4.69) is 5.32 Å². The molecule has 3 rings (SSSR count). The van der Waals surface area contributed by atoms with Crippen LogP contribution in [0.5, 0.6) is 5.75 Å². The van der Waals surface area contributed by atoms with Crippen molar-refractivity contribution in [2.24, 2.45) is 0 Å². The zero-order valence-corrected chi connectivity index (χ0v) is 16.2. The molecule has 5 nitrogen and oxygen atoms in total. The van der Waals surface area contributed by atoms with Crippen LogP contribution in [0.2, 0.25) is 5.02 Å². The molecule has 7 heteroatoms. The number of carbonyl (C=O) groups excluding carboxylic acids is 2. The maximum Gasteiger partial charge on any atom is 0.336 e. The molecule has 146 valence electrons. The number of benzene rings is 2. The second-order valence-corrected chi connectivity index (χ2v) is 6.81. The molecular formula is C21H19ClFNO4. The van der Waals surface area contributed by atoms with Crippen LogP contribution in [0, 0.1) is 5.82 Å². The van der Waals surface area contributed by atoms with Gasteiger partial charge in [0.05, 0.1) is 12.7 Å². The SMILES string of the molecule is COc1ccc(COC(=O)C2=C(C)NC(=O)C[C@@H]2c2c(F)cccc2Cl)cc1.